The number of aliphatic hydroxyl groups excluding tert-OH is 1. The van der Waals surface area contributed by atoms with E-state index in [9.17, 15) is 23.1 Å². The van der Waals surface area contributed by atoms with E-state index in [1.54, 1.807) is 16.7 Å². The molecule has 1 atom stereocenters. The van der Waals surface area contributed by atoms with Gasteiger partial charge >= 0.3 is 6.18 Å². The lowest BCUT2D eigenvalue weighted by molar-refractivity contribution is -0.141. The van der Waals surface area contributed by atoms with Gasteiger partial charge in [-0.3, -0.25) is 4.79 Å². The number of alkyl halides is 3. The van der Waals surface area contributed by atoms with E-state index in [-0.39, 0.29) is 24.5 Å². The molecule has 0 unspecified atom stereocenters. The van der Waals surface area contributed by atoms with Gasteiger partial charge in [0.25, 0.3) is 5.91 Å². The van der Waals surface area contributed by atoms with E-state index in [0.29, 0.717) is 13.1 Å². The van der Waals surface area contributed by atoms with Gasteiger partial charge in [0, 0.05) is 40.8 Å². The Kier molecular flexibility index (Phi) is 6.04. The number of carbonyl (C=O) groups excluding carboxylic acids is 1. The van der Waals surface area contributed by atoms with Crippen molar-refractivity contribution >= 4 is 34.5 Å². The Morgan fingerprint density at radius 1 is 1.30 bits per heavy atom. The van der Waals surface area contributed by atoms with E-state index >= 15 is 0 Å². The molecule has 1 aromatic carbocycles. The normalized spacial score (nSPS) is 16.5. The molecule has 2 aromatic heterocycles. The summed E-state index contributed by atoms with van der Waals surface area (Å²) in [5.74, 6) is -1.29. The Morgan fingerprint density at radius 2 is 2.03 bits per heavy atom. The van der Waals surface area contributed by atoms with E-state index in [1.807, 2.05) is 38.3 Å². The van der Waals surface area contributed by atoms with E-state index in [2.05, 4.69) is 14.5 Å². The minimum absolute atomic E-state index is 0.0273. The van der Waals surface area contributed by atoms with Crippen molar-refractivity contribution in [2.75, 3.05) is 17.7 Å². The van der Waals surface area contributed by atoms with Gasteiger partial charge in [-0.05, 0) is 35.9 Å². The van der Waals surface area contributed by atoms with Crippen molar-refractivity contribution in [1.29, 1.82) is 0 Å². The zero-order valence-electron chi connectivity index (χ0n) is 18.3. The second-order valence-electron chi connectivity index (χ2n) is 8.28. The second kappa shape index (κ2) is 8.53. The minimum Gasteiger partial charge on any atom is -0.392 e. The summed E-state index contributed by atoms with van der Waals surface area (Å²) in [6.45, 7) is 4.81. The Morgan fingerprint density at radius 3 is 2.61 bits per heavy atom. The van der Waals surface area contributed by atoms with E-state index in [1.165, 1.54) is 0 Å². The standard InChI is InChI=1S/C22H24F3N5O2S/c1-11(2)18-16-7-12-6-13(10-31)17(33-3)8-15(12)29(16)4-5-30(18)21-27-9-14(20(26)32)19(28-21)22(23,24)25/h6-9,11,18,31H,4-5,10H2,1-3H3,(H2,26,32)/t18-/m1/s1. The Bertz CT molecular complexity index is 1220. The lowest BCUT2D eigenvalue weighted by atomic mass is 9.97. The van der Waals surface area contributed by atoms with Gasteiger partial charge in [0.1, 0.15) is 0 Å². The molecule has 3 N–H and O–H groups in total. The van der Waals surface area contributed by atoms with E-state index < -0.39 is 23.3 Å². The molecule has 0 saturated heterocycles. The number of anilines is 1. The first kappa shape index (κ1) is 23.4. The third kappa shape index (κ3) is 4.04. The number of nitrogens with two attached hydrogens (primary N) is 1. The topological polar surface area (TPSA) is 97.3 Å². The zero-order chi connectivity index (χ0) is 24.1. The summed E-state index contributed by atoms with van der Waals surface area (Å²) in [4.78, 5) is 22.1. The van der Waals surface area contributed by atoms with Crippen molar-refractivity contribution in [2.24, 2.45) is 11.7 Å². The molecule has 4 rings (SSSR count). The van der Waals surface area contributed by atoms with Crippen molar-refractivity contribution in [2.45, 2.75) is 44.1 Å². The van der Waals surface area contributed by atoms with Gasteiger partial charge in [0.2, 0.25) is 5.95 Å². The number of thioether (sulfide) groups is 1. The number of aromatic nitrogens is 3. The van der Waals surface area contributed by atoms with Crippen LogP contribution < -0.4 is 10.6 Å². The lowest BCUT2D eigenvalue weighted by Crippen LogP contribution is -2.41. The highest BCUT2D eigenvalue weighted by atomic mass is 32.2. The molecule has 176 valence electrons. The van der Waals surface area contributed by atoms with Crippen molar-refractivity contribution in [3.8, 4) is 0 Å². The number of fused-ring (bicyclic) bond motifs is 3. The van der Waals surface area contributed by atoms with Crippen LogP contribution >= 0.6 is 11.8 Å². The molecule has 1 amide bonds. The molecule has 0 radical (unpaired) electrons. The molecule has 11 heteroatoms. The fraction of sp³-hybridized carbons (Fsp3) is 0.409. The first-order valence-corrected chi connectivity index (χ1v) is 11.6. The number of halogens is 3. The highest BCUT2D eigenvalue weighted by Gasteiger charge is 2.40. The van der Waals surface area contributed by atoms with Gasteiger partial charge in [0.05, 0.1) is 18.2 Å². The number of benzene rings is 1. The highest BCUT2D eigenvalue weighted by molar-refractivity contribution is 7.98. The van der Waals surface area contributed by atoms with Crippen LogP contribution in [0.4, 0.5) is 19.1 Å². The summed E-state index contributed by atoms with van der Waals surface area (Å²) in [5, 5.41) is 10.7. The molecular weight excluding hydrogens is 455 g/mol. The third-order valence-corrected chi connectivity index (χ3v) is 6.73. The maximum absolute atomic E-state index is 13.6. The van der Waals surface area contributed by atoms with Gasteiger partial charge in [0.15, 0.2) is 5.69 Å². The number of carbonyl (C=O) groups is 1. The molecule has 0 saturated carbocycles. The third-order valence-electron chi connectivity index (χ3n) is 5.91. The number of aliphatic hydroxyl groups is 1. The van der Waals surface area contributed by atoms with Gasteiger partial charge < -0.3 is 20.3 Å². The van der Waals surface area contributed by atoms with Crippen LogP contribution in [-0.2, 0) is 19.3 Å². The van der Waals surface area contributed by atoms with Crippen LogP contribution in [0.3, 0.4) is 0 Å². The maximum atomic E-state index is 13.6. The maximum Gasteiger partial charge on any atom is 0.434 e. The van der Waals surface area contributed by atoms with Crippen LogP contribution in [0.1, 0.15) is 47.2 Å². The summed E-state index contributed by atoms with van der Waals surface area (Å²) in [6, 6.07) is 5.72. The van der Waals surface area contributed by atoms with E-state index in [4.69, 9.17) is 5.73 Å². The molecule has 7 nitrogen and oxygen atoms in total. The summed E-state index contributed by atoms with van der Waals surface area (Å²) in [5.41, 5.74) is 5.81. The molecule has 3 heterocycles. The summed E-state index contributed by atoms with van der Waals surface area (Å²) in [6.07, 6.45) is -2.04. The number of amides is 1. The van der Waals surface area contributed by atoms with Crippen molar-refractivity contribution in [1.82, 2.24) is 14.5 Å². The summed E-state index contributed by atoms with van der Waals surface area (Å²) in [7, 11) is 0. The van der Waals surface area contributed by atoms with Crippen LogP contribution in [0, 0.1) is 5.92 Å². The molecule has 1 aliphatic heterocycles. The number of rotatable bonds is 5. The lowest BCUT2D eigenvalue weighted by Gasteiger charge is -2.39. The average molecular weight is 480 g/mol. The number of primary amides is 1. The summed E-state index contributed by atoms with van der Waals surface area (Å²) < 4.78 is 42.9. The van der Waals surface area contributed by atoms with Crippen LogP contribution in [0.5, 0.6) is 0 Å². The Labute approximate surface area is 192 Å². The Hall–Kier alpha value is -2.79. The fourth-order valence-corrected chi connectivity index (χ4v) is 5.12. The molecular formula is C22H24F3N5O2S. The monoisotopic (exact) mass is 479 g/mol. The van der Waals surface area contributed by atoms with Crippen molar-refractivity contribution in [3.05, 3.63) is 46.9 Å². The molecule has 0 bridgehead atoms. The quantitative estimate of drug-likeness (QED) is 0.538. The smallest absolute Gasteiger partial charge is 0.392 e. The molecule has 33 heavy (non-hydrogen) atoms. The first-order chi connectivity index (χ1) is 15.6. The van der Waals surface area contributed by atoms with Crippen molar-refractivity contribution < 1.29 is 23.1 Å². The Balaban J connectivity index is 1.85. The van der Waals surface area contributed by atoms with Crippen LogP contribution in [0.15, 0.2) is 29.3 Å². The number of hydrogen-bond acceptors (Lipinski definition) is 6. The molecule has 0 spiro atoms. The second-order valence-corrected chi connectivity index (χ2v) is 9.13. The molecule has 0 aliphatic carbocycles. The molecule has 0 fully saturated rings. The van der Waals surface area contributed by atoms with Crippen molar-refractivity contribution in [3.63, 3.8) is 0 Å². The van der Waals surface area contributed by atoms with Crippen LogP contribution in [0.2, 0.25) is 0 Å². The highest BCUT2D eigenvalue weighted by Crippen LogP contribution is 2.40. The predicted octanol–water partition coefficient (Wildman–Crippen LogP) is 3.98. The predicted molar refractivity (Wildman–Crippen MR) is 120 cm³/mol. The minimum atomic E-state index is -4.84. The molecule has 1 aliphatic rings. The SMILES string of the molecule is CSc1cc2c(cc1CO)cc1n2CCN(c2ncc(C(N)=O)c(C(F)(F)F)n2)[C@@H]1C(C)C. The van der Waals surface area contributed by atoms with Gasteiger partial charge in [-0.15, -0.1) is 11.8 Å². The van der Waals surface area contributed by atoms with Gasteiger partial charge in [-0.2, -0.15) is 13.2 Å². The van der Waals surface area contributed by atoms with Crippen LogP contribution in [-0.4, -0.2) is 38.3 Å². The fourth-order valence-electron chi connectivity index (χ4n) is 4.51. The van der Waals surface area contributed by atoms with E-state index in [0.717, 1.165) is 33.3 Å². The first-order valence-electron chi connectivity index (χ1n) is 10.4. The number of nitrogens with zero attached hydrogens (tertiary/aromatic N) is 4. The van der Waals surface area contributed by atoms with Gasteiger partial charge in [-0.25, -0.2) is 9.97 Å². The average Bonchev–Trinajstić information content (AvgIpc) is 3.13. The zero-order valence-corrected chi connectivity index (χ0v) is 19.2. The molecule has 3 aromatic rings. The van der Waals surface area contributed by atoms with Crippen LogP contribution in [0.25, 0.3) is 10.9 Å². The number of hydrogen-bond donors (Lipinski definition) is 2. The summed E-state index contributed by atoms with van der Waals surface area (Å²) >= 11 is 1.55. The largest absolute Gasteiger partial charge is 0.434 e. The van der Waals surface area contributed by atoms with Gasteiger partial charge in [-0.1, -0.05) is 13.8 Å².